The fourth-order valence-electron chi connectivity index (χ4n) is 1.53. The summed E-state index contributed by atoms with van der Waals surface area (Å²) in [5, 5.41) is 2.34. The number of aromatic nitrogens is 1. The molecule has 2 aromatic rings. The van der Waals surface area contributed by atoms with Gasteiger partial charge in [-0.15, -0.1) is 0 Å². The predicted octanol–water partition coefficient (Wildman–Crippen LogP) is 3.85. The molecule has 110 valence electrons. The first-order valence-electron chi connectivity index (χ1n) is 5.95. The number of hydrogen-bond donors (Lipinski definition) is 1. The van der Waals surface area contributed by atoms with E-state index >= 15 is 0 Å². The molecule has 0 aliphatic carbocycles. The lowest BCUT2D eigenvalue weighted by Gasteiger charge is -2.09. The summed E-state index contributed by atoms with van der Waals surface area (Å²) in [6.07, 6.45) is -2.02. The molecule has 0 spiro atoms. The molecule has 4 nitrogen and oxygen atoms in total. The van der Waals surface area contributed by atoms with Crippen LogP contribution in [0.4, 0.5) is 23.7 Å². The van der Waals surface area contributed by atoms with Gasteiger partial charge in [-0.2, -0.15) is 13.2 Å². The van der Waals surface area contributed by atoms with Gasteiger partial charge in [0, 0.05) is 23.6 Å². The minimum Gasteiger partial charge on any atom is -0.444 e. The number of pyridine rings is 1. The van der Waals surface area contributed by atoms with E-state index in [1.54, 1.807) is 24.5 Å². The Labute approximate surface area is 118 Å². The van der Waals surface area contributed by atoms with Gasteiger partial charge in [0.05, 0.1) is 5.56 Å². The third kappa shape index (κ3) is 4.48. The second kappa shape index (κ2) is 6.25. The molecule has 0 aliphatic heterocycles. The molecule has 0 radical (unpaired) electrons. The molecule has 0 fully saturated rings. The van der Waals surface area contributed by atoms with Gasteiger partial charge in [-0.3, -0.25) is 10.3 Å². The van der Waals surface area contributed by atoms with Crippen molar-refractivity contribution >= 4 is 11.8 Å². The van der Waals surface area contributed by atoms with E-state index in [0.717, 1.165) is 24.3 Å². The van der Waals surface area contributed by atoms with Crippen molar-refractivity contribution in [1.82, 2.24) is 4.98 Å². The molecule has 21 heavy (non-hydrogen) atoms. The van der Waals surface area contributed by atoms with Crippen LogP contribution in [-0.4, -0.2) is 11.1 Å². The average molecular weight is 296 g/mol. The van der Waals surface area contributed by atoms with Crippen LogP contribution >= 0.6 is 0 Å². The molecule has 1 amide bonds. The molecule has 0 bridgehead atoms. The summed E-state index contributed by atoms with van der Waals surface area (Å²) < 4.78 is 42.0. The Morgan fingerprint density at radius 1 is 1.19 bits per heavy atom. The number of carbonyl (C=O) groups is 1. The Bertz CT molecular complexity index is 598. The van der Waals surface area contributed by atoms with Crippen LogP contribution in [0.2, 0.25) is 0 Å². The van der Waals surface area contributed by atoms with E-state index in [1.807, 2.05) is 0 Å². The van der Waals surface area contributed by atoms with Crippen LogP contribution in [-0.2, 0) is 17.5 Å². The SMILES string of the molecule is O=C(Nc1ccc(C(F)(F)F)cc1)OCc1cccnc1. The summed E-state index contributed by atoms with van der Waals surface area (Å²) in [5.74, 6) is 0. The molecule has 1 N–H and O–H groups in total. The maximum absolute atomic E-state index is 12.4. The minimum atomic E-state index is -4.40. The number of amides is 1. The normalized spacial score (nSPS) is 11.0. The summed E-state index contributed by atoms with van der Waals surface area (Å²) in [5.41, 5.74) is 0.149. The summed E-state index contributed by atoms with van der Waals surface area (Å²) >= 11 is 0. The minimum absolute atomic E-state index is 0.0281. The quantitative estimate of drug-likeness (QED) is 0.936. The number of ether oxygens (including phenoxy) is 1. The molecule has 0 atom stereocenters. The predicted molar refractivity (Wildman–Crippen MR) is 69.5 cm³/mol. The maximum Gasteiger partial charge on any atom is 0.416 e. The Hall–Kier alpha value is -2.57. The van der Waals surface area contributed by atoms with E-state index in [-0.39, 0.29) is 12.3 Å². The number of carbonyl (C=O) groups excluding carboxylic acids is 1. The summed E-state index contributed by atoms with van der Waals surface area (Å²) in [7, 11) is 0. The monoisotopic (exact) mass is 296 g/mol. The van der Waals surface area contributed by atoms with Crippen molar-refractivity contribution in [2.45, 2.75) is 12.8 Å². The molecule has 1 aromatic carbocycles. The van der Waals surface area contributed by atoms with E-state index < -0.39 is 17.8 Å². The molecule has 7 heteroatoms. The van der Waals surface area contributed by atoms with Crippen molar-refractivity contribution in [3.63, 3.8) is 0 Å². The molecule has 0 unspecified atom stereocenters. The number of alkyl halides is 3. The van der Waals surface area contributed by atoms with Gasteiger partial charge < -0.3 is 4.74 Å². The lowest BCUT2D eigenvalue weighted by atomic mass is 10.2. The molecule has 0 saturated carbocycles. The van der Waals surface area contributed by atoms with Gasteiger partial charge in [0.2, 0.25) is 0 Å². The van der Waals surface area contributed by atoms with E-state index in [0.29, 0.717) is 5.56 Å². The maximum atomic E-state index is 12.4. The number of nitrogens with zero attached hydrogens (tertiary/aromatic N) is 1. The van der Waals surface area contributed by atoms with Crippen molar-refractivity contribution in [2.75, 3.05) is 5.32 Å². The van der Waals surface area contributed by atoms with Gasteiger partial charge in [-0.25, -0.2) is 4.79 Å². The van der Waals surface area contributed by atoms with Gasteiger partial charge in [0.25, 0.3) is 0 Å². The van der Waals surface area contributed by atoms with Crippen LogP contribution in [0.15, 0.2) is 48.8 Å². The van der Waals surface area contributed by atoms with E-state index in [1.165, 1.54) is 0 Å². The van der Waals surface area contributed by atoms with Crippen molar-refractivity contribution in [1.29, 1.82) is 0 Å². The van der Waals surface area contributed by atoms with Crippen LogP contribution < -0.4 is 5.32 Å². The van der Waals surface area contributed by atoms with Crippen molar-refractivity contribution in [3.8, 4) is 0 Å². The highest BCUT2D eigenvalue weighted by Gasteiger charge is 2.29. The van der Waals surface area contributed by atoms with E-state index in [9.17, 15) is 18.0 Å². The molecule has 0 aliphatic rings. The first-order valence-corrected chi connectivity index (χ1v) is 5.95. The number of hydrogen-bond acceptors (Lipinski definition) is 3. The molecular weight excluding hydrogens is 285 g/mol. The highest BCUT2D eigenvalue weighted by atomic mass is 19.4. The van der Waals surface area contributed by atoms with Crippen LogP contribution in [0, 0.1) is 0 Å². The van der Waals surface area contributed by atoms with Crippen molar-refractivity contribution in [3.05, 3.63) is 59.9 Å². The number of rotatable bonds is 3. The molecule has 2 rings (SSSR count). The highest BCUT2D eigenvalue weighted by molar-refractivity contribution is 5.84. The van der Waals surface area contributed by atoms with Gasteiger partial charge in [-0.05, 0) is 30.3 Å². The third-order valence-corrected chi connectivity index (χ3v) is 2.55. The van der Waals surface area contributed by atoms with Crippen molar-refractivity contribution < 1.29 is 22.7 Å². The Morgan fingerprint density at radius 3 is 2.48 bits per heavy atom. The standard InChI is InChI=1S/C14H11F3N2O2/c15-14(16,17)11-3-5-12(6-4-11)19-13(20)21-9-10-2-1-7-18-8-10/h1-8H,9H2,(H,19,20). The zero-order chi connectivity index (χ0) is 15.3. The number of nitrogens with one attached hydrogen (secondary N) is 1. The topological polar surface area (TPSA) is 51.2 Å². The van der Waals surface area contributed by atoms with Crippen molar-refractivity contribution in [2.24, 2.45) is 0 Å². The molecule has 1 aromatic heterocycles. The highest BCUT2D eigenvalue weighted by Crippen LogP contribution is 2.29. The summed E-state index contributed by atoms with van der Waals surface area (Å²) in [6, 6.07) is 7.53. The second-order valence-electron chi connectivity index (χ2n) is 4.14. The van der Waals surface area contributed by atoms with Crippen LogP contribution in [0.1, 0.15) is 11.1 Å². The largest absolute Gasteiger partial charge is 0.444 e. The second-order valence-corrected chi connectivity index (χ2v) is 4.14. The number of anilines is 1. The van der Waals surface area contributed by atoms with Crippen LogP contribution in [0.25, 0.3) is 0 Å². The van der Waals surface area contributed by atoms with E-state index in [4.69, 9.17) is 4.74 Å². The zero-order valence-electron chi connectivity index (χ0n) is 10.7. The fraction of sp³-hybridized carbons (Fsp3) is 0.143. The molecule has 0 saturated heterocycles. The van der Waals surface area contributed by atoms with Gasteiger partial charge in [0.15, 0.2) is 0 Å². The smallest absolute Gasteiger partial charge is 0.416 e. The summed E-state index contributed by atoms with van der Waals surface area (Å²) in [4.78, 5) is 15.4. The Balaban J connectivity index is 1.88. The molecular formula is C14H11F3N2O2. The lowest BCUT2D eigenvalue weighted by molar-refractivity contribution is -0.137. The Morgan fingerprint density at radius 2 is 1.90 bits per heavy atom. The van der Waals surface area contributed by atoms with Gasteiger partial charge in [-0.1, -0.05) is 6.07 Å². The zero-order valence-corrected chi connectivity index (χ0v) is 10.7. The van der Waals surface area contributed by atoms with Crippen LogP contribution in [0.5, 0.6) is 0 Å². The Kier molecular flexibility index (Phi) is 4.42. The first kappa shape index (κ1) is 14.8. The fourth-order valence-corrected chi connectivity index (χ4v) is 1.53. The first-order chi connectivity index (χ1) is 9.95. The van der Waals surface area contributed by atoms with Crippen LogP contribution in [0.3, 0.4) is 0 Å². The van der Waals surface area contributed by atoms with Gasteiger partial charge in [0.1, 0.15) is 6.61 Å². The summed E-state index contributed by atoms with van der Waals surface area (Å²) in [6.45, 7) is 0.0281. The molecule has 1 heterocycles. The number of benzene rings is 1. The van der Waals surface area contributed by atoms with Gasteiger partial charge >= 0.3 is 12.3 Å². The van der Waals surface area contributed by atoms with E-state index in [2.05, 4.69) is 10.3 Å². The third-order valence-electron chi connectivity index (χ3n) is 2.55. The lowest BCUT2D eigenvalue weighted by Crippen LogP contribution is -2.14. The average Bonchev–Trinajstić information content (AvgIpc) is 2.46. The number of halogens is 3.